The minimum absolute atomic E-state index is 0.0611. The van der Waals surface area contributed by atoms with Crippen LogP contribution in [0.5, 0.6) is 6.01 Å². The van der Waals surface area contributed by atoms with E-state index in [-0.39, 0.29) is 29.4 Å². The number of piperidine rings is 1. The van der Waals surface area contributed by atoms with Gasteiger partial charge in [0.05, 0.1) is 28.2 Å². The predicted octanol–water partition coefficient (Wildman–Crippen LogP) is 5.45. The summed E-state index contributed by atoms with van der Waals surface area (Å²) in [5.41, 5.74) is 2.85. The zero-order valence-electron chi connectivity index (χ0n) is 25.5. The Morgan fingerprint density at radius 3 is 2.77 bits per heavy atom. The van der Waals surface area contributed by atoms with Gasteiger partial charge in [0.1, 0.15) is 29.8 Å². The molecule has 8 rings (SSSR count). The number of pyridine rings is 1. The van der Waals surface area contributed by atoms with E-state index in [0.29, 0.717) is 55.5 Å². The minimum Gasteiger partial charge on any atom is -0.461 e. The Kier molecular flexibility index (Phi) is 6.40. The number of benzene rings is 1. The number of hydrogen-bond acceptors (Lipinski definition) is 8. The molecule has 232 valence electrons. The maximum Gasteiger partial charge on any atom is 0.319 e. The topological polar surface area (TPSA) is 103 Å². The Hall–Kier alpha value is -3.44. The first-order valence-corrected chi connectivity index (χ1v) is 15.9. The molecule has 5 atom stereocenters. The van der Waals surface area contributed by atoms with Crippen LogP contribution in [0.1, 0.15) is 69.4 Å². The maximum absolute atomic E-state index is 17.0. The van der Waals surface area contributed by atoms with Crippen molar-refractivity contribution in [2.45, 2.75) is 82.5 Å². The van der Waals surface area contributed by atoms with Gasteiger partial charge in [0.2, 0.25) is 0 Å². The number of aryl methyl sites for hydroxylation is 1. The van der Waals surface area contributed by atoms with Crippen molar-refractivity contribution in [2.75, 3.05) is 37.7 Å². The van der Waals surface area contributed by atoms with Crippen molar-refractivity contribution in [3.05, 3.63) is 35.4 Å². The van der Waals surface area contributed by atoms with E-state index in [1.54, 1.807) is 12.4 Å². The third kappa shape index (κ3) is 4.53. The second-order valence-electron chi connectivity index (χ2n) is 14.0. The molecule has 0 spiro atoms. The van der Waals surface area contributed by atoms with E-state index in [2.05, 4.69) is 40.0 Å². The molecule has 1 aliphatic carbocycles. The number of rotatable bonds is 6. The van der Waals surface area contributed by atoms with Crippen molar-refractivity contribution < 1.29 is 18.6 Å². The number of aliphatic hydroxyl groups is 1. The molecular weight excluding hydrogens is 564 g/mol. The number of fused-ring (bicyclic) bond motifs is 3. The van der Waals surface area contributed by atoms with E-state index in [4.69, 9.17) is 14.7 Å². The third-order valence-electron chi connectivity index (χ3n) is 10.6. The number of H-pyrrole nitrogens is 1. The lowest BCUT2D eigenvalue weighted by Gasteiger charge is -2.38. The molecule has 0 unspecified atom stereocenters. The average molecular weight is 604 g/mol. The highest BCUT2D eigenvalue weighted by Crippen LogP contribution is 2.53. The molecule has 1 saturated carbocycles. The van der Waals surface area contributed by atoms with Gasteiger partial charge in [-0.1, -0.05) is 6.92 Å². The molecule has 4 aliphatic rings. The number of hydrogen-bond donors (Lipinski definition) is 2. The molecule has 6 heterocycles. The highest BCUT2D eigenvalue weighted by atomic mass is 19.1. The van der Waals surface area contributed by atoms with Crippen LogP contribution >= 0.6 is 0 Å². The van der Waals surface area contributed by atoms with E-state index in [1.165, 1.54) is 0 Å². The summed E-state index contributed by atoms with van der Waals surface area (Å²) in [6.45, 7) is 8.61. The summed E-state index contributed by atoms with van der Waals surface area (Å²) in [7, 11) is 0. The lowest BCUT2D eigenvalue weighted by Crippen LogP contribution is -2.46. The zero-order valence-corrected chi connectivity index (χ0v) is 25.5. The lowest BCUT2D eigenvalue weighted by molar-refractivity contribution is 0.0447. The molecule has 3 aromatic heterocycles. The van der Waals surface area contributed by atoms with Crippen LogP contribution in [0.3, 0.4) is 0 Å². The SMILES string of the molecule is Cc1cc2[nH]ncc2c(-c2ncc3c(N4CCC[C@@](C)(O)C4)nc(OC[C@@]45CCCN4C[C@H](F)C5)nc3c2F)c1[C@@H]1C[C@@H]1C. The van der Waals surface area contributed by atoms with Crippen LogP contribution in [0.25, 0.3) is 33.1 Å². The van der Waals surface area contributed by atoms with E-state index >= 15 is 4.39 Å². The number of nitrogens with zero attached hydrogens (tertiary/aromatic N) is 6. The molecule has 3 aliphatic heterocycles. The van der Waals surface area contributed by atoms with E-state index in [1.807, 2.05) is 11.8 Å². The average Bonchev–Trinajstić information content (AvgIpc) is 3.26. The summed E-state index contributed by atoms with van der Waals surface area (Å²) in [5.74, 6) is 0.797. The smallest absolute Gasteiger partial charge is 0.319 e. The van der Waals surface area contributed by atoms with Gasteiger partial charge in [-0.3, -0.25) is 15.0 Å². The Balaban J connectivity index is 1.28. The van der Waals surface area contributed by atoms with Gasteiger partial charge in [-0.25, -0.2) is 8.78 Å². The van der Waals surface area contributed by atoms with Crippen molar-refractivity contribution in [1.29, 1.82) is 0 Å². The molecule has 44 heavy (non-hydrogen) atoms. The van der Waals surface area contributed by atoms with Crippen LogP contribution in [0.2, 0.25) is 0 Å². The maximum atomic E-state index is 17.0. The molecular formula is C33H39F2N7O2. The Morgan fingerprint density at radius 2 is 1.98 bits per heavy atom. The van der Waals surface area contributed by atoms with Gasteiger partial charge in [-0.05, 0) is 81.5 Å². The van der Waals surface area contributed by atoms with Gasteiger partial charge >= 0.3 is 6.01 Å². The number of ether oxygens (including phenoxy) is 1. The van der Waals surface area contributed by atoms with Crippen molar-refractivity contribution in [3.8, 4) is 17.3 Å². The van der Waals surface area contributed by atoms with Gasteiger partial charge in [0.15, 0.2) is 5.82 Å². The van der Waals surface area contributed by atoms with E-state index in [9.17, 15) is 9.50 Å². The van der Waals surface area contributed by atoms with Crippen molar-refractivity contribution in [2.24, 2.45) is 5.92 Å². The molecule has 0 amide bonds. The molecule has 2 N–H and O–H groups in total. The number of halogens is 2. The highest BCUT2D eigenvalue weighted by Gasteiger charge is 2.49. The van der Waals surface area contributed by atoms with Gasteiger partial charge in [-0.15, -0.1) is 0 Å². The van der Waals surface area contributed by atoms with Crippen molar-refractivity contribution in [3.63, 3.8) is 0 Å². The predicted molar refractivity (Wildman–Crippen MR) is 164 cm³/mol. The third-order valence-corrected chi connectivity index (χ3v) is 10.6. The zero-order chi connectivity index (χ0) is 30.4. The van der Waals surface area contributed by atoms with Crippen LogP contribution in [0.4, 0.5) is 14.6 Å². The molecule has 4 aromatic rings. The molecule has 0 radical (unpaired) electrons. The van der Waals surface area contributed by atoms with Gasteiger partial charge in [0, 0.05) is 43.2 Å². The fourth-order valence-corrected chi connectivity index (χ4v) is 8.25. The standard InChI is InChI=1S/C33H39F2N7O2/c1-18-10-21(18)25-19(2)11-24-22(14-37-40-24)26(25)29-27(35)28-23(13-36-29)30(41-8-4-6-32(3,43)16-41)39-31(38-28)44-17-33-7-5-9-42(33)15-20(34)12-33/h11,13-14,18,20-21,43H,4-10,12,15-17H2,1-3H3,(H,37,40)/t18-,20+,21+,32+,33-/m0/s1. The number of nitrogens with one attached hydrogen (secondary N) is 1. The second kappa shape index (κ2) is 10.0. The first kappa shape index (κ1) is 28.1. The molecule has 9 nitrogen and oxygen atoms in total. The van der Waals surface area contributed by atoms with Gasteiger partial charge in [0.25, 0.3) is 0 Å². The Labute approximate surface area is 255 Å². The minimum atomic E-state index is -0.907. The Bertz CT molecular complexity index is 1780. The number of anilines is 1. The highest BCUT2D eigenvalue weighted by molar-refractivity contribution is 6.00. The lowest BCUT2D eigenvalue weighted by atomic mass is 9.91. The summed E-state index contributed by atoms with van der Waals surface area (Å²) in [4.78, 5) is 18.4. The van der Waals surface area contributed by atoms with Crippen LogP contribution in [-0.2, 0) is 0 Å². The normalized spacial score (nSPS) is 30.4. The second-order valence-corrected chi connectivity index (χ2v) is 14.0. The summed E-state index contributed by atoms with van der Waals surface area (Å²) >= 11 is 0. The number of aromatic amines is 1. The number of aromatic nitrogens is 5. The summed E-state index contributed by atoms with van der Waals surface area (Å²) in [5, 5.41) is 19.6. The number of alkyl halides is 1. The molecule has 3 saturated heterocycles. The fourth-order valence-electron chi connectivity index (χ4n) is 8.25. The van der Waals surface area contributed by atoms with Gasteiger partial charge in [-0.2, -0.15) is 15.1 Å². The quantitative estimate of drug-likeness (QED) is 0.300. The summed E-state index contributed by atoms with van der Waals surface area (Å²) in [6.07, 6.45) is 7.27. The molecule has 4 fully saturated rings. The summed E-state index contributed by atoms with van der Waals surface area (Å²) in [6, 6.07) is 2.14. The van der Waals surface area contributed by atoms with Gasteiger partial charge < -0.3 is 14.7 Å². The van der Waals surface area contributed by atoms with Crippen LogP contribution in [-0.4, -0.2) is 85.3 Å². The first-order valence-electron chi connectivity index (χ1n) is 15.9. The van der Waals surface area contributed by atoms with E-state index < -0.39 is 17.6 Å². The number of β-amino-alcohol motifs (C(OH)–C–C–N with tert-alkyl or cyclic N) is 1. The largest absolute Gasteiger partial charge is 0.461 e. The Morgan fingerprint density at radius 1 is 1.16 bits per heavy atom. The molecule has 0 bridgehead atoms. The van der Waals surface area contributed by atoms with Crippen LogP contribution in [0.15, 0.2) is 18.5 Å². The van der Waals surface area contributed by atoms with Crippen LogP contribution < -0.4 is 9.64 Å². The monoisotopic (exact) mass is 603 g/mol. The molecule has 1 aromatic carbocycles. The molecule has 11 heteroatoms. The fraction of sp³-hybridized carbons (Fsp3) is 0.576. The van der Waals surface area contributed by atoms with E-state index in [0.717, 1.165) is 59.8 Å². The van der Waals surface area contributed by atoms with Crippen molar-refractivity contribution in [1.82, 2.24) is 30.0 Å². The first-order chi connectivity index (χ1) is 21.1. The summed E-state index contributed by atoms with van der Waals surface area (Å²) < 4.78 is 37.8. The van der Waals surface area contributed by atoms with Crippen molar-refractivity contribution >= 4 is 27.6 Å². The van der Waals surface area contributed by atoms with Crippen LogP contribution in [0, 0.1) is 18.7 Å².